The Kier molecular flexibility index (Phi) is 3.81. The van der Waals surface area contributed by atoms with Gasteiger partial charge in [-0.25, -0.2) is 0 Å². The van der Waals surface area contributed by atoms with Crippen LogP contribution in [-0.2, 0) is 10.2 Å². The van der Waals surface area contributed by atoms with Gasteiger partial charge in [-0.2, -0.15) is 10.5 Å². The van der Waals surface area contributed by atoms with Crippen LogP contribution in [-0.4, -0.2) is 26.5 Å². The van der Waals surface area contributed by atoms with Crippen LogP contribution in [0.3, 0.4) is 0 Å². The molecule has 29 heavy (non-hydrogen) atoms. The summed E-state index contributed by atoms with van der Waals surface area (Å²) in [5, 5.41) is 30.3. The summed E-state index contributed by atoms with van der Waals surface area (Å²) in [5.41, 5.74) is 1.58. The first-order valence-corrected chi connectivity index (χ1v) is 9.51. The van der Waals surface area contributed by atoms with Crippen molar-refractivity contribution in [3.8, 4) is 18.0 Å². The number of aromatic amines is 2. The van der Waals surface area contributed by atoms with Gasteiger partial charge in [0.2, 0.25) is 11.8 Å². The van der Waals surface area contributed by atoms with Gasteiger partial charge >= 0.3 is 0 Å². The van der Waals surface area contributed by atoms with E-state index >= 15 is 0 Å². The first-order chi connectivity index (χ1) is 13.6. The van der Waals surface area contributed by atoms with Crippen molar-refractivity contribution < 1.29 is 9.90 Å². The Hall–Kier alpha value is -3.36. The Morgan fingerprint density at radius 2 is 1.86 bits per heavy atom. The Labute approximate surface area is 172 Å². The molecule has 1 atom stereocenters. The maximum absolute atomic E-state index is 14.1. The summed E-state index contributed by atoms with van der Waals surface area (Å²) in [6, 6.07) is 7.76. The number of aromatic hydroxyl groups is 1. The lowest BCUT2D eigenvalue weighted by Crippen LogP contribution is -2.53. The minimum atomic E-state index is -1.73. The van der Waals surface area contributed by atoms with Gasteiger partial charge in [0.15, 0.2) is 16.1 Å². The predicted octanol–water partition coefficient (Wildman–Crippen LogP) is 3.58. The molecular weight excluding hydrogens is 386 g/mol. The fourth-order valence-corrected chi connectivity index (χ4v) is 4.98. The third-order valence-electron chi connectivity index (χ3n) is 5.81. The minimum absolute atomic E-state index is 0.0382. The fraction of sp³-hybridized carbons (Fsp3) is 0.333. The van der Waals surface area contributed by atoms with Gasteiger partial charge in [0.1, 0.15) is 5.69 Å². The lowest BCUT2D eigenvalue weighted by molar-refractivity contribution is -0.123. The highest BCUT2D eigenvalue weighted by Gasteiger charge is 2.63. The second-order valence-electron chi connectivity index (χ2n) is 8.13. The SMILES string of the molecule is CC1=CC(C)(C)N2C(=O)[C@](c3[nH]c(=S)[nH]c3O)(C(C#N)C#N)c3cc(C)cc1c32. The smallest absolute Gasteiger partial charge is 0.247 e. The highest BCUT2D eigenvalue weighted by molar-refractivity contribution is 7.71. The van der Waals surface area contributed by atoms with E-state index in [9.17, 15) is 20.4 Å². The number of rotatable bonds is 2. The van der Waals surface area contributed by atoms with E-state index < -0.39 is 22.8 Å². The van der Waals surface area contributed by atoms with Crippen molar-refractivity contribution in [1.82, 2.24) is 9.97 Å². The van der Waals surface area contributed by atoms with E-state index in [1.807, 2.05) is 58.0 Å². The lowest BCUT2D eigenvalue weighted by atomic mass is 9.69. The Morgan fingerprint density at radius 3 is 2.41 bits per heavy atom. The summed E-state index contributed by atoms with van der Waals surface area (Å²) in [5.74, 6) is -2.17. The fourth-order valence-electron chi connectivity index (χ4n) is 4.78. The maximum atomic E-state index is 14.1. The van der Waals surface area contributed by atoms with Crippen LogP contribution in [0, 0.1) is 40.3 Å². The van der Waals surface area contributed by atoms with Crippen LogP contribution in [0.25, 0.3) is 5.57 Å². The average molecular weight is 405 g/mol. The Bertz CT molecular complexity index is 1240. The van der Waals surface area contributed by atoms with Gasteiger partial charge in [0.25, 0.3) is 0 Å². The molecule has 0 saturated heterocycles. The molecular formula is C21H19N5O2S. The predicted molar refractivity (Wildman–Crippen MR) is 110 cm³/mol. The maximum Gasteiger partial charge on any atom is 0.247 e. The second kappa shape index (κ2) is 5.82. The number of benzene rings is 1. The number of amides is 1. The summed E-state index contributed by atoms with van der Waals surface area (Å²) in [6.07, 6.45) is 2.00. The topological polar surface area (TPSA) is 120 Å². The molecule has 8 heteroatoms. The number of imidazole rings is 1. The molecule has 4 rings (SSSR count). The third kappa shape index (κ3) is 2.21. The summed E-state index contributed by atoms with van der Waals surface area (Å²) >= 11 is 5.12. The average Bonchev–Trinajstić information content (AvgIpc) is 3.09. The highest BCUT2D eigenvalue weighted by Crippen LogP contribution is 2.57. The number of nitrogens with one attached hydrogen (secondary N) is 2. The van der Waals surface area contributed by atoms with Gasteiger partial charge < -0.3 is 20.0 Å². The Balaban J connectivity index is 2.23. The van der Waals surface area contributed by atoms with E-state index in [2.05, 4.69) is 9.97 Å². The van der Waals surface area contributed by atoms with Crippen molar-refractivity contribution >= 4 is 29.4 Å². The minimum Gasteiger partial charge on any atom is -0.493 e. The van der Waals surface area contributed by atoms with Crippen LogP contribution in [0.1, 0.15) is 43.2 Å². The molecule has 7 nitrogen and oxygen atoms in total. The van der Waals surface area contributed by atoms with Gasteiger partial charge in [0, 0.05) is 11.1 Å². The quantitative estimate of drug-likeness (QED) is 0.660. The van der Waals surface area contributed by atoms with Gasteiger partial charge in [-0.1, -0.05) is 17.7 Å². The van der Waals surface area contributed by atoms with Gasteiger partial charge in [-0.3, -0.25) is 4.79 Å². The molecule has 0 fully saturated rings. The molecule has 0 spiro atoms. The first-order valence-electron chi connectivity index (χ1n) is 9.10. The summed E-state index contributed by atoms with van der Waals surface area (Å²) in [7, 11) is 0. The molecule has 0 radical (unpaired) electrons. The number of H-pyrrole nitrogens is 2. The number of carbonyl (C=O) groups excluding carboxylic acids is 1. The molecule has 2 aliphatic heterocycles. The molecule has 3 heterocycles. The van der Waals surface area contributed by atoms with Crippen molar-refractivity contribution in [1.29, 1.82) is 10.5 Å². The molecule has 146 valence electrons. The van der Waals surface area contributed by atoms with Crippen LogP contribution in [0.2, 0.25) is 0 Å². The zero-order valence-corrected chi connectivity index (χ0v) is 17.2. The number of nitrogens with zero attached hydrogens (tertiary/aromatic N) is 3. The molecule has 0 unspecified atom stereocenters. The summed E-state index contributed by atoms with van der Waals surface area (Å²) < 4.78 is 0.107. The number of nitriles is 2. The third-order valence-corrected chi connectivity index (χ3v) is 6.01. The number of aromatic nitrogens is 2. The molecule has 1 amide bonds. The van der Waals surface area contributed by atoms with E-state index in [4.69, 9.17) is 12.2 Å². The van der Waals surface area contributed by atoms with Crippen molar-refractivity contribution in [2.75, 3.05) is 4.90 Å². The van der Waals surface area contributed by atoms with E-state index in [0.717, 1.165) is 16.7 Å². The van der Waals surface area contributed by atoms with Crippen molar-refractivity contribution in [3.63, 3.8) is 0 Å². The first kappa shape index (κ1) is 19.0. The number of anilines is 1. The molecule has 1 aromatic heterocycles. The summed E-state index contributed by atoms with van der Waals surface area (Å²) in [4.78, 5) is 21.1. The Morgan fingerprint density at radius 1 is 1.21 bits per heavy atom. The standard InChI is InChI=1S/C21H19N5O2S/c1-10-5-13-11(2)7-20(3,4)26-15(13)14(6-10)21(18(26)28,12(8-22)9-23)16-17(27)25-19(29)24-16/h5-7,12,27H,1-4H3,(H2,24,25,29)/t21-/m1/s1. The monoisotopic (exact) mass is 405 g/mol. The van der Waals surface area contributed by atoms with Crippen LogP contribution >= 0.6 is 12.2 Å². The van der Waals surface area contributed by atoms with E-state index in [1.165, 1.54) is 0 Å². The van der Waals surface area contributed by atoms with Gasteiger partial charge in [-0.05, 0) is 51.6 Å². The van der Waals surface area contributed by atoms with Crippen molar-refractivity contribution in [2.24, 2.45) is 5.92 Å². The normalized spacial score (nSPS) is 21.6. The van der Waals surface area contributed by atoms with Crippen molar-refractivity contribution in [3.05, 3.63) is 45.4 Å². The summed E-state index contributed by atoms with van der Waals surface area (Å²) in [6.45, 7) is 7.69. The number of aryl methyl sites for hydroxylation is 1. The van der Waals surface area contributed by atoms with Crippen LogP contribution in [0.15, 0.2) is 18.2 Å². The van der Waals surface area contributed by atoms with Crippen LogP contribution in [0.4, 0.5) is 5.69 Å². The van der Waals surface area contributed by atoms with E-state index in [0.29, 0.717) is 11.3 Å². The van der Waals surface area contributed by atoms with Crippen LogP contribution in [0.5, 0.6) is 5.88 Å². The zero-order chi connectivity index (χ0) is 21.3. The lowest BCUT2D eigenvalue weighted by Gasteiger charge is -2.39. The molecule has 0 aliphatic carbocycles. The van der Waals surface area contributed by atoms with Gasteiger partial charge in [-0.15, -0.1) is 0 Å². The van der Waals surface area contributed by atoms with Crippen LogP contribution < -0.4 is 4.90 Å². The number of hydrogen-bond donors (Lipinski definition) is 3. The largest absolute Gasteiger partial charge is 0.493 e. The molecule has 1 aromatic carbocycles. The molecule has 0 saturated carbocycles. The molecule has 0 bridgehead atoms. The zero-order valence-electron chi connectivity index (χ0n) is 16.4. The number of carbonyl (C=O) groups is 1. The van der Waals surface area contributed by atoms with Gasteiger partial charge in [0.05, 0.1) is 23.4 Å². The molecule has 2 aromatic rings. The van der Waals surface area contributed by atoms with E-state index in [1.54, 1.807) is 4.90 Å². The number of allylic oxidation sites excluding steroid dienone is 1. The van der Waals surface area contributed by atoms with Crippen molar-refractivity contribution in [2.45, 2.75) is 38.6 Å². The number of hydrogen-bond acceptors (Lipinski definition) is 5. The highest BCUT2D eigenvalue weighted by atomic mass is 32.1. The molecule has 2 aliphatic rings. The van der Waals surface area contributed by atoms with E-state index in [-0.39, 0.29) is 16.3 Å². The second-order valence-corrected chi connectivity index (χ2v) is 8.54. The molecule has 3 N–H and O–H groups in total.